The minimum Gasteiger partial charge on any atom is -0.490 e. The van der Waals surface area contributed by atoms with Crippen LogP contribution in [0, 0.1) is 0 Å². The van der Waals surface area contributed by atoms with Gasteiger partial charge in [0.15, 0.2) is 5.76 Å². The van der Waals surface area contributed by atoms with E-state index in [4.69, 9.17) is 9.26 Å². The number of aromatic amines is 1. The Balaban J connectivity index is 1.37. The van der Waals surface area contributed by atoms with Crippen LogP contribution in [0.1, 0.15) is 18.6 Å². The average molecular weight is 297 g/mol. The Bertz CT molecular complexity index is 727. The quantitative estimate of drug-likeness (QED) is 0.803. The maximum Gasteiger partial charge on any atom is 0.150 e. The standard InChI is InChI=1S/C17H19N3O2/c1-2-16-15(5-8-18-16)17(3-1)21-13-6-10-20(11-7-13)12-14-4-9-19-22-14/h1-5,8-9,13,18H,6-7,10-12H2. The van der Waals surface area contributed by atoms with E-state index in [-0.39, 0.29) is 6.10 Å². The van der Waals surface area contributed by atoms with Crippen LogP contribution >= 0.6 is 0 Å². The van der Waals surface area contributed by atoms with Gasteiger partial charge in [-0.05, 0) is 31.0 Å². The Kier molecular flexibility index (Phi) is 3.56. The second-order valence-corrected chi connectivity index (χ2v) is 5.77. The summed E-state index contributed by atoms with van der Waals surface area (Å²) in [4.78, 5) is 5.61. The molecular weight excluding hydrogens is 278 g/mol. The SMILES string of the molecule is c1cc(OC2CCN(Cc3ccno3)CC2)c2cc[nH]c2c1. The largest absolute Gasteiger partial charge is 0.490 e. The summed E-state index contributed by atoms with van der Waals surface area (Å²) in [5.74, 6) is 1.91. The van der Waals surface area contributed by atoms with Crippen molar-refractivity contribution in [3.05, 3.63) is 48.5 Å². The van der Waals surface area contributed by atoms with Crippen molar-refractivity contribution in [2.75, 3.05) is 13.1 Å². The fourth-order valence-corrected chi connectivity index (χ4v) is 3.07. The summed E-state index contributed by atoms with van der Waals surface area (Å²) in [5, 5.41) is 4.91. The molecular formula is C17H19N3O2. The van der Waals surface area contributed by atoms with Crippen molar-refractivity contribution in [3.8, 4) is 5.75 Å². The molecule has 1 N–H and O–H groups in total. The van der Waals surface area contributed by atoms with Crippen LogP contribution in [-0.4, -0.2) is 34.2 Å². The zero-order valence-electron chi connectivity index (χ0n) is 12.4. The normalized spacial score (nSPS) is 17.1. The van der Waals surface area contributed by atoms with Crippen LogP contribution in [0.25, 0.3) is 10.9 Å². The van der Waals surface area contributed by atoms with Gasteiger partial charge >= 0.3 is 0 Å². The fraction of sp³-hybridized carbons (Fsp3) is 0.353. The van der Waals surface area contributed by atoms with Gasteiger partial charge in [-0.25, -0.2) is 0 Å². The van der Waals surface area contributed by atoms with Gasteiger partial charge in [0.1, 0.15) is 11.9 Å². The van der Waals surface area contributed by atoms with Crippen molar-refractivity contribution in [3.63, 3.8) is 0 Å². The van der Waals surface area contributed by atoms with Gasteiger partial charge in [0.2, 0.25) is 0 Å². The van der Waals surface area contributed by atoms with E-state index in [0.29, 0.717) is 0 Å². The monoisotopic (exact) mass is 297 g/mol. The van der Waals surface area contributed by atoms with Crippen LogP contribution in [0.4, 0.5) is 0 Å². The molecule has 0 unspecified atom stereocenters. The van der Waals surface area contributed by atoms with E-state index in [1.807, 2.05) is 18.3 Å². The van der Waals surface area contributed by atoms with Crippen LogP contribution in [0.15, 0.2) is 47.2 Å². The number of fused-ring (bicyclic) bond motifs is 1. The molecule has 0 spiro atoms. The Morgan fingerprint density at radius 3 is 2.95 bits per heavy atom. The Morgan fingerprint density at radius 2 is 2.14 bits per heavy atom. The predicted octanol–water partition coefficient (Wildman–Crippen LogP) is 3.20. The molecule has 3 heterocycles. The smallest absolute Gasteiger partial charge is 0.150 e. The first kappa shape index (κ1) is 13.4. The van der Waals surface area contributed by atoms with E-state index < -0.39 is 0 Å². The van der Waals surface area contributed by atoms with Gasteiger partial charge in [-0.1, -0.05) is 11.2 Å². The number of hydrogen-bond donors (Lipinski definition) is 1. The van der Waals surface area contributed by atoms with Crippen molar-refractivity contribution in [2.24, 2.45) is 0 Å². The molecule has 0 saturated carbocycles. The van der Waals surface area contributed by atoms with E-state index in [0.717, 1.165) is 54.9 Å². The van der Waals surface area contributed by atoms with Crippen LogP contribution in [-0.2, 0) is 6.54 Å². The van der Waals surface area contributed by atoms with Crippen molar-refractivity contribution in [1.82, 2.24) is 15.0 Å². The summed E-state index contributed by atoms with van der Waals surface area (Å²) < 4.78 is 11.4. The lowest BCUT2D eigenvalue weighted by Gasteiger charge is -2.31. The van der Waals surface area contributed by atoms with Crippen molar-refractivity contribution >= 4 is 10.9 Å². The van der Waals surface area contributed by atoms with Crippen LogP contribution in [0.5, 0.6) is 5.75 Å². The highest BCUT2D eigenvalue weighted by atomic mass is 16.5. The lowest BCUT2D eigenvalue weighted by Crippen LogP contribution is -2.37. The maximum atomic E-state index is 6.23. The summed E-state index contributed by atoms with van der Waals surface area (Å²) >= 11 is 0. The molecule has 1 aromatic carbocycles. The zero-order valence-corrected chi connectivity index (χ0v) is 12.4. The van der Waals surface area contributed by atoms with Gasteiger partial charge in [-0.2, -0.15) is 0 Å². The highest BCUT2D eigenvalue weighted by molar-refractivity contribution is 5.85. The molecule has 0 aliphatic carbocycles. The molecule has 0 atom stereocenters. The highest BCUT2D eigenvalue weighted by Crippen LogP contribution is 2.27. The molecule has 1 aliphatic heterocycles. The fourth-order valence-electron chi connectivity index (χ4n) is 3.07. The molecule has 114 valence electrons. The minimum absolute atomic E-state index is 0.284. The first-order chi connectivity index (χ1) is 10.9. The number of piperidine rings is 1. The van der Waals surface area contributed by atoms with Gasteiger partial charge in [-0.3, -0.25) is 4.90 Å². The molecule has 1 aliphatic rings. The summed E-state index contributed by atoms with van der Waals surface area (Å²) in [6.45, 7) is 2.88. The zero-order chi connectivity index (χ0) is 14.8. The van der Waals surface area contributed by atoms with Gasteiger partial charge in [0.05, 0.1) is 12.7 Å². The second-order valence-electron chi connectivity index (χ2n) is 5.77. The Labute approximate surface area is 128 Å². The number of likely N-dealkylation sites (tertiary alicyclic amines) is 1. The molecule has 5 nitrogen and oxygen atoms in total. The van der Waals surface area contributed by atoms with Crippen molar-refractivity contribution in [1.29, 1.82) is 0 Å². The third-order valence-electron chi connectivity index (χ3n) is 4.25. The van der Waals surface area contributed by atoms with Crippen LogP contribution < -0.4 is 4.74 Å². The lowest BCUT2D eigenvalue weighted by molar-refractivity contribution is 0.0926. The molecule has 0 amide bonds. The molecule has 1 saturated heterocycles. The topological polar surface area (TPSA) is 54.3 Å². The van der Waals surface area contributed by atoms with Gasteiger partial charge in [0.25, 0.3) is 0 Å². The molecule has 2 aromatic heterocycles. The maximum absolute atomic E-state index is 6.23. The van der Waals surface area contributed by atoms with Gasteiger partial charge in [0, 0.05) is 36.3 Å². The second kappa shape index (κ2) is 5.85. The first-order valence-corrected chi connectivity index (χ1v) is 7.73. The number of rotatable bonds is 4. The first-order valence-electron chi connectivity index (χ1n) is 7.73. The van der Waals surface area contributed by atoms with E-state index in [2.05, 4.69) is 33.2 Å². The molecule has 0 radical (unpaired) electrons. The number of benzene rings is 1. The average Bonchev–Trinajstić information content (AvgIpc) is 3.21. The van der Waals surface area contributed by atoms with Crippen LogP contribution in [0.3, 0.4) is 0 Å². The summed E-state index contributed by atoms with van der Waals surface area (Å²) in [6, 6.07) is 10.2. The van der Waals surface area contributed by atoms with E-state index in [1.165, 1.54) is 0 Å². The number of H-pyrrole nitrogens is 1. The molecule has 1 fully saturated rings. The molecule has 4 rings (SSSR count). The highest BCUT2D eigenvalue weighted by Gasteiger charge is 2.22. The molecule has 22 heavy (non-hydrogen) atoms. The number of ether oxygens (including phenoxy) is 1. The third-order valence-corrected chi connectivity index (χ3v) is 4.25. The molecule has 5 heteroatoms. The molecule has 3 aromatic rings. The summed E-state index contributed by atoms with van der Waals surface area (Å²) in [6.07, 6.45) is 6.01. The van der Waals surface area contributed by atoms with E-state index in [9.17, 15) is 0 Å². The Hall–Kier alpha value is -2.27. The number of nitrogens with one attached hydrogen (secondary N) is 1. The summed E-state index contributed by atoms with van der Waals surface area (Å²) in [7, 11) is 0. The van der Waals surface area contributed by atoms with E-state index >= 15 is 0 Å². The minimum atomic E-state index is 0.284. The number of hydrogen-bond acceptors (Lipinski definition) is 4. The predicted molar refractivity (Wildman–Crippen MR) is 83.7 cm³/mol. The van der Waals surface area contributed by atoms with Crippen molar-refractivity contribution < 1.29 is 9.26 Å². The lowest BCUT2D eigenvalue weighted by atomic mass is 10.1. The summed E-state index contributed by atoms with van der Waals surface area (Å²) in [5.41, 5.74) is 1.13. The molecule has 0 bridgehead atoms. The number of nitrogens with zero attached hydrogens (tertiary/aromatic N) is 2. The van der Waals surface area contributed by atoms with Gasteiger partial charge in [-0.15, -0.1) is 0 Å². The third kappa shape index (κ3) is 2.72. The van der Waals surface area contributed by atoms with Crippen molar-refractivity contribution in [2.45, 2.75) is 25.5 Å². The number of aromatic nitrogens is 2. The van der Waals surface area contributed by atoms with Gasteiger partial charge < -0.3 is 14.2 Å². The van der Waals surface area contributed by atoms with E-state index in [1.54, 1.807) is 6.20 Å². The van der Waals surface area contributed by atoms with Crippen LogP contribution in [0.2, 0.25) is 0 Å². The Morgan fingerprint density at radius 1 is 1.23 bits per heavy atom.